The van der Waals surface area contributed by atoms with Crippen molar-refractivity contribution in [3.8, 4) is 11.5 Å². The number of carbonyl (C=O) groups excluding carboxylic acids is 1. The van der Waals surface area contributed by atoms with Crippen molar-refractivity contribution in [1.82, 2.24) is 4.98 Å². The molecule has 0 aliphatic carbocycles. The van der Waals surface area contributed by atoms with Crippen LogP contribution in [0.2, 0.25) is 0 Å². The number of nitrogen functional groups attached to an aromatic ring is 1. The van der Waals surface area contributed by atoms with Gasteiger partial charge >= 0.3 is 0 Å². The number of nitrogens with two attached hydrogens (primary N) is 1. The molecule has 2 aromatic carbocycles. The second-order valence-electron chi connectivity index (χ2n) is 4.50. The summed E-state index contributed by atoms with van der Waals surface area (Å²) in [6, 6.07) is 9.08. The van der Waals surface area contributed by atoms with Crippen LogP contribution >= 0.6 is 0 Å². The normalized spacial score (nSPS) is 10.9. The summed E-state index contributed by atoms with van der Waals surface area (Å²) >= 11 is 0. The predicted molar refractivity (Wildman–Crippen MR) is 73.8 cm³/mol. The molecule has 0 aliphatic heterocycles. The Morgan fingerprint density at radius 2 is 2.10 bits per heavy atom. The molecule has 100 valence electrons. The Bertz CT molecular complexity index is 824. The van der Waals surface area contributed by atoms with Crippen molar-refractivity contribution in [2.45, 2.75) is 6.92 Å². The first-order valence-corrected chi connectivity index (χ1v) is 6.01. The molecule has 1 heterocycles. The molecule has 0 unspecified atom stereocenters. The van der Waals surface area contributed by atoms with Crippen molar-refractivity contribution in [1.29, 1.82) is 0 Å². The smallest absolute Gasteiger partial charge is 0.227 e. The lowest BCUT2D eigenvalue weighted by Gasteiger charge is -1.98. The number of benzene rings is 2. The molecule has 20 heavy (non-hydrogen) atoms. The minimum atomic E-state index is -0.379. The van der Waals surface area contributed by atoms with Gasteiger partial charge in [-0.25, -0.2) is 9.37 Å². The summed E-state index contributed by atoms with van der Waals surface area (Å²) in [5.41, 5.74) is 7.90. The standard InChI is InChI=1S/C15H11FN2O2/c1-8(19)12-6-11(17)7-13-14(12)20-15(18-13)9-3-2-4-10(16)5-9/h2-7H,17H2,1H3. The van der Waals surface area contributed by atoms with Gasteiger partial charge in [0.1, 0.15) is 11.3 Å². The second kappa shape index (κ2) is 4.45. The Hall–Kier alpha value is -2.69. The van der Waals surface area contributed by atoms with Crippen LogP contribution in [-0.4, -0.2) is 10.8 Å². The maximum atomic E-state index is 13.2. The summed E-state index contributed by atoms with van der Waals surface area (Å²) in [7, 11) is 0. The van der Waals surface area contributed by atoms with Gasteiger partial charge in [0.05, 0.1) is 5.56 Å². The largest absolute Gasteiger partial charge is 0.435 e. The van der Waals surface area contributed by atoms with Crippen molar-refractivity contribution in [3.63, 3.8) is 0 Å². The van der Waals surface area contributed by atoms with Gasteiger partial charge in [0.2, 0.25) is 5.89 Å². The van der Waals surface area contributed by atoms with Crippen LogP contribution < -0.4 is 5.73 Å². The molecule has 0 bridgehead atoms. The van der Waals surface area contributed by atoms with Gasteiger partial charge in [-0.2, -0.15) is 0 Å². The topological polar surface area (TPSA) is 69.1 Å². The van der Waals surface area contributed by atoms with Gasteiger partial charge in [-0.1, -0.05) is 6.07 Å². The molecule has 0 atom stereocenters. The van der Waals surface area contributed by atoms with Crippen LogP contribution in [0.3, 0.4) is 0 Å². The number of fused-ring (bicyclic) bond motifs is 1. The van der Waals surface area contributed by atoms with Crippen LogP contribution in [0.1, 0.15) is 17.3 Å². The number of hydrogen-bond donors (Lipinski definition) is 1. The van der Waals surface area contributed by atoms with E-state index in [1.54, 1.807) is 24.3 Å². The quantitative estimate of drug-likeness (QED) is 0.572. The second-order valence-corrected chi connectivity index (χ2v) is 4.50. The number of Topliss-reactive ketones (excluding diaryl/α,β-unsaturated/α-hetero) is 1. The van der Waals surface area contributed by atoms with Crippen molar-refractivity contribution in [2.24, 2.45) is 0 Å². The number of rotatable bonds is 2. The molecule has 3 aromatic rings. The molecule has 1 aromatic heterocycles. The maximum Gasteiger partial charge on any atom is 0.227 e. The van der Waals surface area contributed by atoms with Crippen LogP contribution in [0.5, 0.6) is 0 Å². The molecule has 0 saturated carbocycles. The first-order valence-electron chi connectivity index (χ1n) is 6.01. The lowest BCUT2D eigenvalue weighted by atomic mass is 10.1. The number of aromatic nitrogens is 1. The van der Waals surface area contributed by atoms with Gasteiger partial charge in [0.25, 0.3) is 0 Å². The molecule has 5 heteroatoms. The lowest BCUT2D eigenvalue weighted by molar-refractivity contribution is 0.101. The Kier molecular flexibility index (Phi) is 2.75. The van der Waals surface area contributed by atoms with E-state index in [4.69, 9.17) is 10.2 Å². The zero-order chi connectivity index (χ0) is 14.3. The van der Waals surface area contributed by atoms with E-state index in [9.17, 15) is 9.18 Å². The molecule has 0 amide bonds. The molecule has 0 radical (unpaired) electrons. The highest BCUT2D eigenvalue weighted by atomic mass is 19.1. The fourth-order valence-corrected chi connectivity index (χ4v) is 2.06. The minimum Gasteiger partial charge on any atom is -0.435 e. The molecule has 0 fully saturated rings. The van der Waals surface area contributed by atoms with Crippen LogP contribution in [0.15, 0.2) is 40.8 Å². The molecule has 0 spiro atoms. The third-order valence-electron chi connectivity index (χ3n) is 2.96. The monoisotopic (exact) mass is 270 g/mol. The summed E-state index contributed by atoms with van der Waals surface area (Å²) in [5.74, 6) is -0.284. The Balaban J connectivity index is 2.25. The number of anilines is 1. The summed E-state index contributed by atoms with van der Waals surface area (Å²) in [5, 5.41) is 0. The number of oxazole rings is 1. The van der Waals surface area contributed by atoms with Crippen LogP contribution in [0.25, 0.3) is 22.6 Å². The zero-order valence-corrected chi connectivity index (χ0v) is 10.7. The van der Waals surface area contributed by atoms with E-state index >= 15 is 0 Å². The highest BCUT2D eigenvalue weighted by Crippen LogP contribution is 2.29. The van der Waals surface area contributed by atoms with Gasteiger partial charge in [0, 0.05) is 11.3 Å². The highest BCUT2D eigenvalue weighted by molar-refractivity contribution is 6.05. The van der Waals surface area contributed by atoms with Crippen LogP contribution in [-0.2, 0) is 0 Å². The van der Waals surface area contributed by atoms with Crippen molar-refractivity contribution < 1.29 is 13.6 Å². The van der Waals surface area contributed by atoms with Crippen LogP contribution in [0.4, 0.5) is 10.1 Å². The third-order valence-corrected chi connectivity index (χ3v) is 2.96. The molecule has 4 nitrogen and oxygen atoms in total. The first kappa shape index (κ1) is 12.3. The van der Waals surface area contributed by atoms with Crippen LogP contribution in [0, 0.1) is 5.82 Å². The van der Waals surface area contributed by atoms with E-state index in [0.29, 0.717) is 27.9 Å². The molecule has 2 N–H and O–H groups in total. The molecule has 3 rings (SSSR count). The Morgan fingerprint density at radius 1 is 1.30 bits per heavy atom. The van der Waals surface area contributed by atoms with Gasteiger partial charge in [-0.3, -0.25) is 4.79 Å². The van der Waals surface area contributed by atoms with Crippen molar-refractivity contribution in [2.75, 3.05) is 5.73 Å². The number of nitrogens with zero attached hydrogens (tertiary/aromatic N) is 1. The fraction of sp³-hybridized carbons (Fsp3) is 0.0667. The number of hydrogen-bond acceptors (Lipinski definition) is 4. The highest BCUT2D eigenvalue weighted by Gasteiger charge is 2.15. The number of halogens is 1. The minimum absolute atomic E-state index is 0.163. The fourth-order valence-electron chi connectivity index (χ4n) is 2.06. The van der Waals surface area contributed by atoms with E-state index in [1.807, 2.05) is 0 Å². The van der Waals surface area contributed by atoms with Gasteiger partial charge in [-0.15, -0.1) is 0 Å². The number of carbonyl (C=O) groups is 1. The average Bonchev–Trinajstić information content (AvgIpc) is 2.81. The zero-order valence-electron chi connectivity index (χ0n) is 10.7. The number of ketones is 1. The van der Waals surface area contributed by atoms with E-state index < -0.39 is 0 Å². The summed E-state index contributed by atoms with van der Waals surface area (Å²) in [6.45, 7) is 1.43. The predicted octanol–water partition coefficient (Wildman–Crippen LogP) is 3.42. The molecule has 0 saturated heterocycles. The summed E-state index contributed by atoms with van der Waals surface area (Å²) in [4.78, 5) is 15.9. The Morgan fingerprint density at radius 3 is 2.80 bits per heavy atom. The third kappa shape index (κ3) is 2.03. The summed E-state index contributed by atoms with van der Waals surface area (Å²) < 4.78 is 18.8. The van der Waals surface area contributed by atoms with Crippen molar-refractivity contribution >= 4 is 22.6 Å². The van der Waals surface area contributed by atoms with E-state index in [1.165, 1.54) is 19.1 Å². The average molecular weight is 270 g/mol. The maximum absolute atomic E-state index is 13.2. The van der Waals surface area contributed by atoms with Gasteiger partial charge in [-0.05, 0) is 37.3 Å². The van der Waals surface area contributed by atoms with Gasteiger partial charge < -0.3 is 10.2 Å². The van der Waals surface area contributed by atoms with E-state index in [2.05, 4.69) is 4.98 Å². The molecule has 0 aliphatic rings. The van der Waals surface area contributed by atoms with Crippen molar-refractivity contribution in [3.05, 3.63) is 47.8 Å². The van der Waals surface area contributed by atoms with E-state index in [0.717, 1.165) is 0 Å². The van der Waals surface area contributed by atoms with E-state index in [-0.39, 0.29) is 17.5 Å². The lowest BCUT2D eigenvalue weighted by Crippen LogP contribution is -1.95. The molecular formula is C15H11FN2O2. The molecular weight excluding hydrogens is 259 g/mol. The van der Waals surface area contributed by atoms with Gasteiger partial charge in [0.15, 0.2) is 11.4 Å². The first-order chi connectivity index (χ1) is 9.54. The summed E-state index contributed by atoms with van der Waals surface area (Å²) in [6.07, 6.45) is 0. The SMILES string of the molecule is CC(=O)c1cc(N)cc2nc(-c3cccc(F)c3)oc12. The Labute approximate surface area is 114 Å².